The first kappa shape index (κ1) is 22.7. The van der Waals surface area contributed by atoms with E-state index in [-0.39, 0.29) is 35.2 Å². The summed E-state index contributed by atoms with van der Waals surface area (Å²) in [5, 5.41) is 7.15. The zero-order valence-electron chi connectivity index (χ0n) is 20.1. The minimum Gasteiger partial charge on any atom is -0.349 e. The lowest BCUT2D eigenvalue weighted by atomic mass is 9.94. The van der Waals surface area contributed by atoms with E-state index in [1.54, 1.807) is 0 Å². The van der Waals surface area contributed by atoms with E-state index in [1.807, 2.05) is 24.3 Å². The second-order valence-electron chi connectivity index (χ2n) is 10.7. The van der Waals surface area contributed by atoms with Gasteiger partial charge in [0.25, 0.3) is 0 Å². The standard InChI is InChI=1S/C26H31ClN6O2/c1-15-11-21(34)31-23-22(15)24(30-14-29-23)32-9-10-33(26(2)12-20(26)32)25(35)19(13-28-18-7-8-18)16-3-5-17(27)6-4-16/h3-6,14-15,18-20,28H,7-13H2,1-2H3,(H,29,30,31,34)/t15-,19-,20+,26?/m1/s1. The molecule has 2 aliphatic heterocycles. The number of carbonyl (C=O) groups excluding carboxylic acids is 2. The summed E-state index contributed by atoms with van der Waals surface area (Å²) >= 11 is 6.13. The number of nitrogens with one attached hydrogen (secondary N) is 2. The van der Waals surface area contributed by atoms with Crippen molar-refractivity contribution in [1.29, 1.82) is 0 Å². The number of nitrogens with zero attached hydrogens (tertiary/aromatic N) is 4. The number of fused-ring (bicyclic) bond motifs is 2. The van der Waals surface area contributed by atoms with Crippen LogP contribution in [0.15, 0.2) is 30.6 Å². The average molecular weight is 495 g/mol. The van der Waals surface area contributed by atoms with Gasteiger partial charge in [0.1, 0.15) is 18.0 Å². The highest BCUT2D eigenvalue weighted by atomic mass is 35.5. The molecule has 4 atom stereocenters. The molecule has 2 N–H and O–H groups in total. The quantitative estimate of drug-likeness (QED) is 0.640. The number of carbonyl (C=O) groups is 2. The van der Waals surface area contributed by atoms with Gasteiger partial charge < -0.3 is 20.4 Å². The Bertz CT molecular complexity index is 1170. The van der Waals surface area contributed by atoms with E-state index in [0.717, 1.165) is 23.4 Å². The molecule has 2 amide bonds. The van der Waals surface area contributed by atoms with E-state index >= 15 is 0 Å². The van der Waals surface area contributed by atoms with Crippen molar-refractivity contribution in [2.45, 2.75) is 69.0 Å². The van der Waals surface area contributed by atoms with Crippen LogP contribution in [0.5, 0.6) is 0 Å². The predicted octanol–water partition coefficient (Wildman–Crippen LogP) is 3.29. The van der Waals surface area contributed by atoms with Gasteiger partial charge >= 0.3 is 0 Å². The monoisotopic (exact) mass is 494 g/mol. The van der Waals surface area contributed by atoms with Gasteiger partial charge in [0.05, 0.1) is 17.5 Å². The fraction of sp³-hybridized carbons (Fsp3) is 0.538. The first-order chi connectivity index (χ1) is 16.8. The normalized spacial score (nSPS) is 28.1. The molecular formula is C26H31ClN6O2. The van der Waals surface area contributed by atoms with Crippen LogP contribution >= 0.6 is 11.6 Å². The van der Waals surface area contributed by atoms with Gasteiger partial charge in [0.2, 0.25) is 11.8 Å². The van der Waals surface area contributed by atoms with Gasteiger partial charge in [-0.25, -0.2) is 9.97 Å². The number of hydrogen-bond acceptors (Lipinski definition) is 6. The van der Waals surface area contributed by atoms with Crippen LogP contribution in [-0.4, -0.2) is 63.9 Å². The summed E-state index contributed by atoms with van der Waals surface area (Å²) in [7, 11) is 0. The molecule has 1 unspecified atom stereocenters. The molecule has 4 aliphatic rings. The van der Waals surface area contributed by atoms with E-state index in [4.69, 9.17) is 11.6 Å². The predicted molar refractivity (Wildman–Crippen MR) is 135 cm³/mol. The minimum absolute atomic E-state index is 0.00521. The van der Waals surface area contributed by atoms with Crippen molar-refractivity contribution < 1.29 is 9.59 Å². The van der Waals surface area contributed by atoms with E-state index in [9.17, 15) is 9.59 Å². The number of aromatic nitrogens is 2. The molecule has 9 heteroatoms. The van der Waals surface area contributed by atoms with E-state index < -0.39 is 0 Å². The summed E-state index contributed by atoms with van der Waals surface area (Å²) in [6, 6.07) is 8.42. The van der Waals surface area contributed by atoms with Crippen molar-refractivity contribution in [2.24, 2.45) is 0 Å². The number of benzene rings is 1. The molecule has 1 saturated heterocycles. The Hall–Kier alpha value is -2.71. The second kappa shape index (κ2) is 8.45. The van der Waals surface area contributed by atoms with E-state index in [1.165, 1.54) is 19.2 Å². The average Bonchev–Trinajstić information content (AvgIpc) is 3.75. The summed E-state index contributed by atoms with van der Waals surface area (Å²) < 4.78 is 0. The third-order valence-corrected chi connectivity index (χ3v) is 8.38. The van der Waals surface area contributed by atoms with Crippen LogP contribution in [0.1, 0.15) is 62.5 Å². The molecule has 3 heterocycles. The molecule has 0 radical (unpaired) electrons. The molecule has 8 nitrogen and oxygen atoms in total. The Kier molecular flexibility index (Phi) is 5.49. The largest absolute Gasteiger partial charge is 0.349 e. The highest BCUT2D eigenvalue weighted by molar-refractivity contribution is 6.30. The van der Waals surface area contributed by atoms with Crippen molar-refractivity contribution in [2.75, 3.05) is 29.9 Å². The van der Waals surface area contributed by atoms with Crippen LogP contribution in [0.25, 0.3) is 0 Å². The molecular weight excluding hydrogens is 464 g/mol. The molecule has 0 bridgehead atoms. The van der Waals surface area contributed by atoms with Gasteiger partial charge in [-0.2, -0.15) is 0 Å². The number of anilines is 2. The third-order valence-electron chi connectivity index (χ3n) is 8.12. The summed E-state index contributed by atoms with van der Waals surface area (Å²) in [5.41, 5.74) is 1.78. The lowest BCUT2D eigenvalue weighted by molar-refractivity contribution is -0.136. The Morgan fingerprint density at radius 1 is 1.26 bits per heavy atom. The zero-order chi connectivity index (χ0) is 24.3. The van der Waals surface area contributed by atoms with Crippen molar-refractivity contribution in [3.63, 3.8) is 0 Å². The maximum atomic E-state index is 14.0. The van der Waals surface area contributed by atoms with Gasteiger partial charge in [-0.1, -0.05) is 30.7 Å². The fourth-order valence-electron chi connectivity index (χ4n) is 5.84. The smallest absolute Gasteiger partial charge is 0.231 e. The molecule has 1 aromatic carbocycles. The number of halogens is 1. The SMILES string of the molecule is C[C@@H]1CC(=O)Nc2ncnc(N3CCN(C(=O)[C@H](CNC4CC4)c4ccc(Cl)cc4)C4(C)C[C@H]34)c21. The van der Waals surface area contributed by atoms with E-state index in [2.05, 4.69) is 44.2 Å². The van der Waals surface area contributed by atoms with Gasteiger partial charge in [0, 0.05) is 42.7 Å². The summed E-state index contributed by atoms with van der Waals surface area (Å²) in [6.45, 7) is 6.23. The maximum absolute atomic E-state index is 14.0. The van der Waals surface area contributed by atoms with Crippen molar-refractivity contribution >= 4 is 35.1 Å². The highest BCUT2D eigenvalue weighted by Gasteiger charge is 2.62. The van der Waals surface area contributed by atoms with Gasteiger partial charge in [-0.15, -0.1) is 0 Å². The number of amides is 2. The molecule has 6 rings (SSSR count). The molecule has 35 heavy (non-hydrogen) atoms. The Morgan fingerprint density at radius 3 is 2.77 bits per heavy atom. The lowest BCUT2D eigenvalue weighted by Gasteiger charge is -2.42. The molecule has 3 fully saturated rings. The lowest BCUT2D eigenvalue weighted by Crippen LogP contribution is -2.56. The topological polar surface area (TPSA) is 90.5 Å². The van der Waals surface area contributed by atoms with Gasteiger partial charge in [-0.05, 0) is 49.8 Å². The minimum atomic E-state index is -0.238. The van der Waals surface area contributed by atoms with Crippen molar-refractivity contribution in [1.82, 2.24) is 20.2 Å². The summed E-state index contributed by atoms with van der Waals surface area (Å²) in [4.78, 5) is 39.4. The van der Waals surface area contributed by atoms with Gasteiger partial charge in [0.15, 0.2) is 0 Å². The molecule has 1 aromatic heterocycles. The first-order valence-corrected chi connectivity index (χ1v) is 12.9. The van der Waals surface area contributed by atoms with Crippen LogP contribution in [0.2, 0.25) is 5.02 Å². The van der Waals surface area contributed by atoms with Crippen LogP contribution in [-0.2, 0) is 9.59 Å². The molecule has 2 aromatic rings. The number of piperazine rings is 1. The Balaban J connectivity index is 1.25. The maximum Gasteiger partial charge on any atom is 0.231 e. The van der Waals surface area contributed by atoms with Crippen molar-refractivity contribution in [3.05, 3.63) is 46.7 Å². The highest BCUT2D eigenvalue weighted by Crippen LogP contribution is 2.51. The van der Waals surface area contributed by atoms with E-state index in [0.29, 0.717) is 42.9 Å². The van der Waals surface area contributed by atoms with Crippen molar-refractivity contribution in [3.8, 4) is 0 Å². The van der Waals surface area contributed by atoms with Crippen LogP contribution in [0.4, 0.5) is 11.6 Å². The van der Waals surface area contributed by atoms with Gasteiger partial charge in [-0.3, -0.25) is 9.59 Å². The number of rotatable bonds is 6. The first-order valence-electron chi connectivity index (χ1n) is 12.6. The molecule has 184 valence electrons. The summed E-state index contributed by atoms with van der Waals surface area (Å²) in [5.74, 6) is 1.51. The molecule has 2 saturated carbocycles. The summed E-state index contributed by atoms with van der Waals surface area (Å²) in [6.07, 6.45) is 5.24. The molecule has 0 spiro atoms. The number of hydrogen-bond donors (Lipinski definition) is 2. The van der Waals surface area contributed by atoms with Crippen LogP contribution in [0, 0.1) is 0 Å². The Labute approximate surface area is 210 Å². The second-order valence-corrected chi connectivity index (χ2v) is 11.1. The Morgan fingerprint density at radius 2 is 2.03 bits per heavy atom. The van der Waals surface area contributed by atoms with Crippen LogP contribution in [0.3, 0.4) is 0 Å². The molecule has 2 aliphatic carbocycles. The fourth-order valence-corrected chi connectivity index (χ4v) is 5.96. The third kappa shape index (κ3) is 4.06. The van der Waals surface area contributed by atoms with Crippen LogP contribution < -0.4 is 15.5 Å². The zero-order valence-corrected chi connectivity index (χ0v) is 20.9.